The van der Waals surface area contributed by atoms with Crippen molar-refractivity contribution in [3.8, 4) is 28.7 Å². The number of hydrogen-bond donors (Lipinski definition) is 0. The molecule has 4 aromatic carbocycles. The molecule has 0 atom stereocenters. The summed E-state index contributed by atoms with van der Waals surface area (Å²) in [7, 11) is 0. The molecule has 9 rings (SSSR count). The van der Waals surface area contributed by atoms with Gasteiger partial charge in [0.05, 0.1) is 34.0 Å². The van der Waals surface area contributed by atoms with Crippen LogP contribution in [0, 0.1) is 0 Å². The lowest BCUT2D eigenvalue weighted by molar-refractivity contribution is 0.483. The van der Waals surface area contributed by atoms with Crippen molar-refractivity contribution < 1.29 is 4.74 Å². The lowest BCUT2D eigenvalue weighted by atomic mass is 10.1. The van der Waals surface area contributed by atoms with Crippen LogP contribution < -0.4 is 9.64 Å². The van der Waals surface area contributed by atoms with Crippen LogP contribution >= 0.6 is 0 Å². The highest BCUT2D eigenvalue weighted by Crippen LogP contribution is 2.42. The van der Waals surface area contributed by atoms with E-state index in [0.717, 1.165) is 72.9 Å². The van der Waals surface area contributed by atoms with Crippen LogP contribution in [-0.4, -0.2) is 24.1 Å². The van der Waals surface area contributed by atoms with Crippen molar-refractivity contribution in [1.82, 2.24) is 24.1 Å². The van der Waals surface area contributed by atoms with Crippen molar-refractivity contribution in [1.29, 1.82) is 0 Å². The number of ether oxygens (including phenoxy) is 1. The van der Waals surface area contributed by atoms with Crippen molar-refractivity contribution in [3.63, 3.8) is 0 Å². The van der Waals surface area contributed by atoms with Crippen molar-refractivity contribution in [3.05, 3.63) is 134 Å². The van der Waals surface area contributed by atoms with Crippen LogP contribution in [0.2, 0.25) is 0 Å². The van der Waals surface area contributed by atoms with E-state index in [1.807, 2.05) is 67.1 Å². The molecule has 0 amide bonds. The number of rotatable bonds is 4. The molecule has 4 aromatic heterocycles. The number of benzene rings is 4. The van der Waals surface area contributed by atoms with Gasteiger partial charge in [0.15, 0.2) is 0 Å². The highest BCUT2D eigenvalue weighted by atomic mass is 16.5. The average Bonchev–Trinajstić information content (AvgIpc) is 3.60. The molecule has 0 bridgehead atoms. The molecule has 0 aliphatic carbocycles. The molecule has 0 N–H and O–H groups in total. The summed E-state index contributed by atoms with van der Waals surface area (Å²) < 4.78 is 10.9. The van der Waals surface area contributed by atoms with Crippen LogP contribution in [-0.2, 0) is 6.67 Å². The third kappa shape index (κ3) is 3.72. The summed E-state index contributed by atoms with van der Waals surface area (Å²) in [5, 5.41) is 2.25. The maximum absolute atomic E-state index is 6.52. The molecule has 7 nitrogen and oxygen atoms in total. The van der Waals surface area contributed by atoms with Gasteiger partial charge in [-0.1, -0.05) is 36.4 Å². The number of fused-ring (bicyclic) bond motifs is 8. The Morgan fingerprint density at radius 3 is 2.47 bits per heavy atom. The third-order valence-electron chi connectivity index (χ3n) is 8.16. The topological polar surface area (TPSA) is 61.0 Å². The minimum atomic E-state index is 0.653. The summed E-state index contributed by atoms with van der Waals surface area (Å²) in [6, 6.07) is 39.2. The summed E-state index contributed by atoms with van der Waals surface area (Å²) in [6.45, 7) is 0.653. The Balaban J connectivity index is 1.12. The predicted molar refractivity (Wildman–Crippen MR) is 170 cm³/mol. The molecule has 204 valence electrons. The van der Waals surface area contributed by atoms with E-state index >= 15 is 0 Å². The molecule has 7 heteroatoms. The first kappa shape index (κ1) is 23.7. The second kappa shape index (κ2) is 9.29. The van der Waals surface area contributed by atoms with Gasteiger partial charge in [0.25, 0.3) is 0 Å². The van der Waals surface area contributed by atoms with E-state index in [1.54, 1.807) is 0 Å². The van der Waals surface area contributed by atoms with Gasteiger partial charge in [0, 0.05) is 46.5 Å². The molecule has 0 spiro atoms. The summed E-state index contributed by atoms with van der Waals surface area (Å²) >= 11 is 0. The van der Waals surface area contributed by atoms with Crippen molar-refractivity contribution in [2.45, 2.75) is 6.67 Å². The zero-order chi connectivity index (χ0) is 28.3. The molecule has 1 aliphatic heterocycles. The normalized spacial score (nSPS) is 12.5. The van der Waals surface area contributed by atoms with Gasteiger partial charge in [-0.2, -0.15) is 0 Å². The number of aromatic nitrogens is 5. The molecular formula is C36H24N6O. The maximum Gasteiger partial charge on any atom is 0.144 e. The Kier molecular flexibility index (Phi) is 5.13. The Hall–Kier alpha value is -5.95. The Bertz CT molecular complexity index is 2320. The Labute approximate surface area is 246 Å². The fourth-order valence-corrected chi connectivity index (χ4v) is 6.25. The highest BCUT2D eigenvalue weighted by molar-refractivity contribution is 6.09. The van der Waals surface area contributed by atoms with E-state index in [4.69, 9.17) is 9.72 Å². The quantitative estimate of drug-likeness (QED) is 0.218. The summed E-state index contributed by atoms with van der Waals surface area (Å²) in [6.07, 6.45) is 5.53. The number of para-hydroxylation sites is 3. The molecule has 0 fully saturated rings. The largest absolute Gasteiger partial charge is 0.457 e. The minimum absolute atomic E-state index is 0.653. The van der Waals surface area contributed by atoms with Crippen LogP contribution in [0.25, 0.3) is 50.0 Å². The first-order chi connectivity index (χ1) is 21.3. The van der Waals surface area contributed by atoms with Gasteiger partial charge in [0.1, 0.15) is 29.8 Å². The molecule has 0 unspecified atom stereocenters. The van der Waals surface area contributed by atoms with Gasteiger partial charge in [-0.15, -0.1) is 0 Å². The van der Waals surface area contributed by atoms with Crippen molar-refractivity contribution in [2.24, 2.45) is 0 Å². The summed E-state index contributed by atoms with van der Waals surface area (Å²) in [4.78, 5) is 16.3. The lowest BCUT2D eigenvalue weighted by Gasteiger charge is -2.32. The lowest BCUT2D eigenvalue weighted by Crippen LogP contribution is -2.26. The monoisotopic (exact) mass is 556 g/mol. The zero-order valence-electron chi connectivity index (χ0n) is 23.0. The van der Waals surface area contributed by atoms with E-state index in [1.165, 1.54) is 0 Å². The van der Waals surface area contributed by atoms with Gasteiger partial charge in [-0.3, -0.25) is 9.55 Å². The first-order valence-corrected chi connectivity index (χ1v) is 14.2. The van der Waals surface area contributed by atoms with Crippen molar-refractivity contribution >= 4 is 44.2 Å². The Morgan fingerprint density at radius 2 is 1.51 bits per heavy atom. The van der Waals surface area contributed by atoms with Gasteiger partial charge < -0.3 is 14.2 Å². The fraction of sp³-hybridized carbons (Fsp3) is 0.0278. The summed E-state index contributed by atoms with van der Waals surface area (Å²) in [5.41, 5.74) is 7.42. The van der Waals surface area contributed by atoms with Crippen LogP contribution in [0.15, 0.2) is 134 Å². The van der Waals surface area contributed by atoms with E-state index < -0.39 is 0 Å². The molecule has 0 saturated carbocycles. The SMILES string of the molecule is c1ccc(-n2c3cnccc3c3ccc(Oc4cccc(N5Cn6c(nc7ccccc76)-c6ccccc65)c4)cc32)nc1. The predicted octanol–water partition coefficient (Wildman–Crippen LogP) is 8.49. The number of hydrogen-bond acceptors (Lipinski definition) is 5. The van der Waals surface area contributed by atoms with Crippen LogP contribution in [0.5, 0.6) is 11.5 Å². The second-order valence-electron chi connectivity index (χ2n) is 10.6. The minimum Gasteiger partial charge on any atom is -0.457 e. The van der Waals surface area contributed by atoms with Gasteiger partial charge in [-0.05, 0) is 66.7 Å². The molecule has 5 heterocycles. The van der Waals surface area contributed by atoms with E-state index in [2.05, 4.69) is 90.7 Å². The van der Waals surface area contributed by atoms with Gasteiger partial charge in [-0.25, -0.2) is 9.97 Å². The molecular weight excluding hydrogens is 532 g/mol. The average molecular weight is 557 g/mol. The summed E-state index contributed by atoms with van der Waals surface area (Å²) in [5.74, 6) is 3.34. The Morgan fingerprint density at radius 1 is 0.651 bits per heavy atom. The van der Waals surface area contributed by atoms with E-state index in [9.17, 15) is 0 Å². The number of pyridine rings is 2. The van der Waals surface area contributed by atoms with Crippen LogP contribution in [0.4, 0.5) is 11.4 Å². The number of anilines is 2. The van der Waals surface area contributed by atoms with Gasteiger partial charge in [0.2, 0.25) is 0 Å². The number of nitrogens with zero attached hydrogens (tertiary/aromatic N) is 6. The second-order valence-corrected chi connectivity index (χ2v) is 10.6. The first-order valence-electron chi connectivity index (χ1n) is 14.2. The van der Waals surface area contributed by atoms with Crippen molar-refractivity contribution in [2.75, 3.05) is 4.90 Å². The third-order valence-corrected chi connectivity index (χ3v) is 8.16. The van der Waals surface area contributed by atoms with Crippen LogP contribution in [0.3, 0.4) is 0 Å². The standard InChI is InChI=1S/C36H24N6O/c1-3-12-31-29(10-1)36-39-30-11-2-4-13-32(30)41(36)23-40(31)24-8-7-9-25(20-24)43-26-15-16-27-28-17-19-37-22-34(28)42(33(27)21-26)35-14-5-6-18-38-35/h1-22H,23H2. The van der Waals surface area contributed by atoms with Crippen LogP contribution in [0.1, 0.15) is 0 Å². The molecule has 43 heavy (non-hydrogen) atoms. The molecule has 8 aromatic rings. The molecule has 1 aliphatic rings. The fourth-order valence-electron chi connectivity index (χ4n) is 6.25. The molecule has 0 radical (unpaired) electrons. The van der Waals surface area contributed by atoms with E-state index in [0.29, 0.717) is 6.67 Å². The van der Waals surface area contributed by atoms with E-state index in [-0.39, 0.29) is 0 Å². The smallest absolute Gasteiger partial charge is 0.144 e. The maximum atomic E-state index is 6.52. The molecule has 0 saturated heterocycles. The highest BCUT2D eigenvalue weighted by Gasteiger charge is 2.26. The number of imidazole rings is 1. The zero-order valence-corrected chi connectivity index (χ0v) is 23.0. The van der Waals surface area contributed by atoms with Gasteiger partial charge >= 0.3 is 0 Å².